The lowest BCUT2D eigenvalue weighted by Crippen LogP contribution is -2.44. The molecule has 1 aromatic heterocycles. The summed E-state index contributed by atoms with van der Waals surface area (Å²) in [5, 5.41) is 4.41. The minimum absolute atomic E-state index is 1.18. The Labute approximate surface area is 132 Å². The number of nitrogens with zero attached hydrogens (tertiary/aromatic N) is 2. The summed E-state index contributed by atoms with van der Waals surface area (Å²) in [6.45, 7) is 6.11. The maximum Gasteiger partial charge on any atom is 0.0110 e. The quantitative estimate of drug-likeness (QED) is 0.832. The molecule has 0 unspecified atom stereocenters. The SMILES string of the molecule is CN1CCN(CCCc2ccccc2-c2ccsc2)CC1. The van der Waals surface area contributed by atoms with Gasteiger partial charge in [-0.05, 0) is 60.0 Å². The first-order valence-electron chi connectivity index (χ1n) is 7.84. The zero-order valence-corrected chi connectivity index (χ0v) is 13.6. The Bertz CT molecular complexity index is 542. The second kappa shape index (κ2) is 7.21. The lowest BCUT2D eigenvalue weighted by atomic mass is 9.98. The van der Waals surface area contributed by atoms with Crippen LogP contribution in [0.25, 0.3) is 11.1 Å². The molecule has 21 heavy (non-hydrogen) atoms. The lowest BCUT2D eigenvalue weighted by molar-refractivity contribution is 0.153. The Kier molecular flexibility index (Phi) is 5.07. The average Bonchev–Trinajstić information content (AvgIpc) is 3.04. The smallest absolute Gasteiger partial charge is 0.0110 e. The number of benzene rings is 1. The topological polar surface area (TPSA) is 6.48 Å². The number of hydrogen-bond acceptors (Lipinski definition) is 3. The van der Waals surface area contributed by atoms with Gasteiger partial charge in [0.25, 0.3) is 0 Å². The first kappa shape index (κ1) is 14.8. The van der Waals surface area contributed by atoms with Crippen molar-refractivity contribution in [2.24, 2.45) is 0 Å². The summed E-state index contributed by atoms with van der Waals surface area (Å²) in [5.74, 6) is 0. The third-order valence-corrected chi connectivity index (χ3v) is 5.05. The zero-order chi connectivity index (χ0) is 14.5. The van der Waals surface area contributed by atoms with Crippen molar-refractivity contribution in [3.05, 3.63) is 46.7 Å². The van der Waals surface area contributed by atoms with Crippen LogP contribution in [0.5, 0.6) is 0 Å². The van der Waals surface area contributed by atoms with Crippen molar-refractivity contribution < 1.29 is 0 Å². The molecule has 3 rings (SSSR count). The molecule has 1 aliphatic heterocycles. The molecule has 0 saturated carbocycles. The number of rotatable bonds is 5. The zero-order valence-electron chi connectivity index (χ0n) is 12.8. The highest BCUT2D eigenvalue weighted by atomic mass is 32.1. The number of hydrogen-bond donors (Lipinski definition) is 0. The molecule has 0 spiro atoms. The molecule has 1 aliphatic rings. The van der Waals surface area contributed by atoms with E-state index in [-0.39, 0.29) is 0 Å². The Morgan fingerprint density at radius 3 is 2.62 bits per heavy atom. The summed E-state index contributed by atoms with van der Waals surface area (Å²) in [6.07, 6.45) is 2.43. The number of aryl methyl sites for hydroxylation is 1. The third kappa shape index (κ3) is 3.94. The summed E-state index contributed by atoms with van der Waals surface area (Å²) in [5.41, 5.74) is 4.28. The van der Waals surface area contributed by atoms with Crippen molar-refractivity contribution in [2.75, 3.05) is 39.8 Å². The minimum atomic E-state index is 1.18. The predicted molar refractivity (Wildman–Crippen MR) is 92.0 cm³/mol. The molecule has 0 atom stereocenters. The van der Waals surface area contributed by atoms with E-state index < -0.39 is 0 Å². The van der Waals surface area contributed by atoms with Gasteiger partial charge in [0.1, 0.15) is 0 Å². The molecule has 1 saturated heterocycles. The van der Waals surface area contributed by atoms with Crippen LogP contribution in [0.3, 0.4) is 0 Å². The highest BCUT2D eigenvalue weighted by Gasteiger charge is 2.13. The summed E-state index contributed by atoms with van der Waals surface area (Å²) in [7, 11) is 2.22. The molecule has 112 valence electrons. The molecule has 0 bridgehead atoms. The molecular weight excluding hydrogens is 276 g/mol. The van der Waals surface area contributed by atoms with Crippen molar-refractivity contribution in [3.63, 3.8) is 0 Å². The van der Waals surface area contributed by atoms with Crippen molar-refractivity contribution in [2.45, 2.75) is 12.8 Å². The van der Waals surface area contributed by atoms with Crippen LogP contribution in [-0.4, -0.2) is 49.6 Å². The van der Waals surface area contributed by atoms with Crippen LogP contribution >= 0.6 is 11.3 Å². The van der Waals surface area contributed by atoms with Crippen molar-refractivity contribution in [1.82, 2.24) is 9.80 Å². The van der Waals surface area contributed by atoms with Crippen molar-refractivity contribution in [3.8, 4) is 11.1 Å². The van der Waals surface area contributed by atoms with Crippen LogP contribution in [-0.2, 0) is 6.42 Å². The van der Waals surface area contributed by atoms with Crippen LogP contribution < -0.4 is 0 Å². The number of piperazine rings is 1. The largest absolute Gasteiger partial charge is 0.304 e. The van der Waals surface area contributed by atoms with Gasteiger partial charge < -0.3 is 9.80 Å². The Hall–Kier alpha value is -1.16. The van der Waals surface area contributed by atoms with E-state index in [0.29, 0.717) is 0 Å². The Morgan fingerprint density at radius 1 is 1.05 bits per heavy atom. The lowest BCUT2D eigenvalue weighted by Gasteiger charge is -2.32. The van der Waals surface area contributed by atoms with Gasteiger partial charge in [-0.2, -0.15) is 11.3 Å². The summed E-state index contributed by atoms with van der Waals surface area (Å²) in [4.78, 5) is 5.02. The van der Waals surface area contributed by atoms with E-state index in [1.54, 1.807) is 11.3 Å². The van der Waals surface area contributed by atoms with Gasteiger partial charge in [-0.15, -0.1) is 0 Å². The molecule has 0 radical (unpaired) electrons. The van der Waals surface area contributed by atoms with E-state index in [0.717, 1.165) is 0 Å². The maximum atomic E-state index is 2.60. The summed E-state index contributed by atoms with van der Waals surface area (Å²) < 4.78 is 0. The summed E-state index contributed by atoms with van der Waals surface area (Å²) >= 11 is 1.78. The first-order valence-corrected chi connectivity index (χ1v) is 8.78. The molecule has 2 nitrogen and oxygen atoms in total. The van der Waals surface area contributed by atoms with E-state index in [2.05, 4.69) is 57.9 Å². The van der Waals surface area contributed by atoms with Gasteiger partial charge in [-0.25, -0.2) is 0 Å². The maximum absolute atomic E-state index is 2.60. The van der Waals surface area contributed by atoms with Gasteiger partial charge in [0, 0.05) is 26.2 Å². The van der Waals surface area contributed by atoms with Crippen molar-refractivity contribution >= 4 is 11.3 Å². The molecule has 1 aromatic carbocycles. The average molecular weight is 300 g/mol. The van der Waals surface area contributed by atoms with Gasteiger partial charge >= 0.3 is 0 Å². The Balaban J connectivity index is 1.56. The van der Waals surface area contributed by atoms with E-state index in [1.807, 2.05) is 0 Å². The van der Waals surface area contributed by atoms with Crippen LogP contribution in [0.15, 0.2) is 41.1 Å². The molecular formula is C18H24N2S. The van der Waals surface area contributed by atoms with E-state index in [1.165, 1.54) is 62.3 Å². The van der Waals surface area contributed by atoms with Crippen LogP contribution in [0, 0.1) is 0 Å². The van der Waals surface area contributed by atoms with E-state index in [4.69, 9.17) is 0 Å². The fourth-order valence-electron chi connectivity index (χ4n) is 3.00. The second-order valence-corrected chi connectivity index (χ2v) is 6.70. The molecule has 1 fully saturated rings. The minimum Gasteiger partial charge on any atom is -0.304 e. The third-order valence-electron chi connectivity index (χ3n) is 4.37. The van der Waals surface area contributed by atoms with E-state index in [9.17, 15) is 0 Å². The van der Waals surface area contributed by atoms with Crippen LogP contribution in [0.1, 0.15) is 12.0 Å². The predicted octanol–water partition coefficient (Wildman–Crippen LogP) is 3.60. The highest BCUT2D eigenvalue weighted by Crippen LogP contribution is 2.26. The van der Waals surface area contributed by atoms with Gasteiger partial charge in [0.2, 0.25) is 0 Å². The second-order valence-electron chi connectivity index (χ2n) is 5.92. The molecule has 3 heteroatoms. The molecule has 0 aliphatic carbocycles. The number of likely N-dealkylation sites (N-methyl/N-ethyl adjacent to an activating group) is 1. The standard InChI is InChI=1S/C18H24N2S/c1-19-10-12-20(13-11-19)9-4-6-16-5-2-3-7-18(16)17-8-14-21-15-17/h2-3,5,7-8,14-15H,4,6,9-13H2,1H3. The fourth-order valence-corrected chi connectivity index (χ4v) is 3.66. The monoisotopic (exact) mass is 300 g/mol. The van der Waals surface area contributed by atoms with Crippen LogP contribution in [0.4, 0.5) is 0 Å². The normalized spacial score (nSPS) is 17.2. The van der Waals surface area contributed by atoms with E-state index >= 15 is 0 Å². The highest BCUT2D eigenvalue weighted by molar-refractivity contribution is 7.08. The van der Waals surface area contributed by atoms with Gasteiger partial charge in [0.05, 0.1) is 0 Å². The Morgan fingerprint density at radius 2 is 1.86 bits per heavy atom. The summed E-state index contributed by atoms with van der Waals surface area (Å²) in [6, 6.07) is 11.1. The van der Waals surface area contributed by atoms with Gasteiger partial charge in [-0.3, -0.25) is 0 Å². The van der Waals surface area contributed by atoms with Gasteiger partial charge in [-0.1, -0.05) is 24.3 Å². The van der Waals surface area contributed by atoms with Crippen molar-refractivity contribution in [1.29, 1.82) is 0 Å². The first-order chi connectivity index (χ1) is 10.3. The fraction of sp³-hybridized carbons (Fsp3) is 0.444. The molecule has 2 heterocycles. The van der Waals surface area contributed by atoms with Crippen LogP contribution in [0.2, 0.25) is 0 Å². The molecule has 0 amide bonds. The number of thiophene rings is 1. The van der Waals surface area contributed by atoms with Gasteiger partial charge in [0.15, 0.2) is 0 Å². The molecule has 0 N–H and O–H groups in total. The molecule has 2 aromatic rings.